The fourth-order valence-corrected chi connectivity index (χ4v) is 0.915. The van der Waals surface area contributed by atoms with Crippen molar-refractivity contribution in [2.24, 2.45) is 0 Å². The first-order valence-corrected chi connectivity index (χ1v) is 3.84. The Balaban J connectivity index is 2.82. The molecule has 1 aromatic rings. The van der Waals surface area contributed by atoms with E-state index in [0.29, 0.717) is 17.8 Å². The molecule has 0 bridgehead atoms. The number of carbonyl (C=O) groups is 2. The fourth-order valence-electron chi connectivity index (χ4n) is 0.915. The number of aliphatic carboxylic acids is 1. The summed E-state index contributed by atoms with van der Waals surface area (Å²) in [6.45, 7) is 0.319. The Labute approximate surface area is 80.4 Å². The third-order valence-electron chi connectivity index (χ3n) is 1.46. The van der Waals surface area contributed by atoms with Crippen LogP contribution in [0.1, 0.15) is 5.56 Å². The molecule has 4 heteroatoms. The largest absolute Gasteiger partial charge is 0.478 e. The Hall–Kier alpha value is -2.10. The monoisotopic (exact) mass is 192 g/mol. The van der Waals surface area contributed by atoms with E-state index in [0.717, 1.165) is 6.08 Å². The van der Waals surface area contributed by atoms with Crippen LogP contribution in [0, 0.1) is 0 Å². The molecular formula is C10H8O4. The molecule has 0 radical (unpaired) electrons. The van der Waals surface area contributed by atoms with E-state index in [2.05, 4.69) is 4.74 Å². The van der Waals surface area contributed by atoms with Crippen LogP contribution in [0.3, 0.4) is 0 Å². The summed E-state index contributed by atoms with van der Waals surface area (Å²) < 4.78 is 4.59. The van der Waals surface area contributed by atoms with Crippen molar-refractivity contribution >= 4 is 18.5 Å². The molecule has 0 aliphatic rings. The number of hydrogen-bond acceptors (Lipinski definition) is 3. The standard InChI is InChI=1S/C10H8O4/c11-7-14-9-3-1-2-8(6-9)4-5-10(12)13/h1-7H,(H,12,13)/b5-4+. The Morgan fingerprint density at radius 3 is 2.86 bits per heavy atom. The van der Waals surface area contributed by atoms with Crippen molar-refractivity contribution in [3.05, 3.63) is 35.9 Å². The molecule has 72 valence electrons. The second kappa shape index (κ2) is 4.81. The quantitative estimate of drug-likeness (QED) is 0.577. The van der Waals surface area contributed by atoms with Gasteiger partial charge in [0.15, 0.2) is 0 Å². The highest BCUT2D eigenvalue weighted by atomic mass is 16.5. The lowest BCUT2D eigenvalue weighted by atomic mass is 10.2. The molecule has 0 aromatic heterocycles. The van der Waals surface area contributed by atoms with Crippen LogP contribution in [0.25, 0.3) is 6.08 Å². The highest BCUT2D eigenvalue weighted by molar-refractivity contribution is 5.85. The maximum Gasteiger partial charge on any atom is 0.328 e. The minimum absolute atomic E-state index is 0.319. The predicted molar refractivity (Wildman–Crippen MR) is 49.8 cm³/mol. The normalized spacial score (nSPS) is 10.0. The number of rotatable bonds is 4. The van der Waals surface area contributed by atoms with E-state index in [1.54, 1.807) is 24.3 Å². The lowest BCUT2D eigenvalue weighted by molar-refractivity contribution is -0.131. The Bertz CT molecular complexity index is 368. The molecular weight excluding hydrogens is 184 g/mol. The topological polar surface area (TPSA) is 63.6 Å². The zero-order chi connectivity index (χ0) is 10.4. The van der Waals surface area contributed by atoms with Gasteiger partial charge in [0.05, 0.1) is 0 Å². The summed E-state index contributed by atoms with van der Waals surface area (Å²) in [6, 6.07) is 6.54. The van der Waals surface area contributed by atoms with Gasteiger partial charge in [0, 0.05) is 6.08 Å². The van der Waals surface area contributed by atoms with E-state index in [9.17, 15) is 9.59 Å². The van der Waals surface area contributed by atoms with Gasteiger partial charge in [-0.15, -0.1) is 0 Å². The van der Waals surface area contributed by atoms with Gasteiger partial charge in [0.2, 0.25) is 0 Å². The summed E-state index contributed by atoms with van der Waals surface area (Å²) in [7, 11) is 0. The maximum atomic E-state index is 10.2. The third-order valence-corrected chi connectivity index (χ3v) is 1.46. The number of carbonyl (C=O) groups excluding carboxylic acids is 1. The van der Waals surface area contributed by atoms with Crippen molar-refractivity contribution in [2.45, 2.75) is 0 Å². The molecule has 0 aliphatic carbocycles. The summed E-state index contributed by atoms with van der Waals surface area (Å²) in [5.74, 6) is -0.640. The molecule has 1 N–H and O–H groups in total. The summed E-state index contributed by atoms with van der Waals surface area (Å²) in [5.41, 5.74) is 0.659. The van der Waals surface area contributed by atoms with Gasteiger partial charge < -0.3 is 9.84 Å². The Morgan fingerprint density at radius 1 is 1.43 bits per heavy atom. The number of carboxylic acids is 1. The van der Waals surface area contributed by atoms with Crippen LogP contribution in [0.4, 0.5) is 0 Å². The van der Waals surface area contributed by atoms with Crippen molar-refractivity contribution in [1.29, 1.82) is 0 Å². The Kier molecular flexibility index (Phi) is 3.43. The number of carboxylic acid groups (broad SMARTS) is 1. The highest BCUT2D eigenvalue weighted by Gasteiger charge is 1.93. The van der Waals surface area contributed by atoms with Crippen molar-refractivity contribution in [3.63, 3.8) is 0 Å². The van der Waals surface area contributed by atoms with Crippen molar-refractivity contribution in [1.82, 2.24) is 0 Å². The summed E-state index contributed by atoms with van der Waals surface area (Å²) in [6.07, 6.45) is 2.43. The zero-order valence-electron chi connectivity index (χ0n) is 7.21. The average Bonchev–Trinajstić information content (AvgIpc) is 2.16. The van der Waals surface area contributed by atoms with Gasteiger partial charge in [-0.2, -0.15) is 0 Å². The third kappa shape index (κ3) is 3.10. The van der Waals surface area contributed by atoms with E-state index >= 15 is 0 Å². The molecule has 0 saturated carbocycles. The lowest BCUT2D eigenvalue weighted by Gasteiger charge is -1.97. The summed E-state index contributed by atoms with van der Waals surface area (Å²) in [4.78, 5) is 20.2. The first kappa shape index (κ1) is 9.98. The molecule has 1 aromatic carbocycles. The van der Waals surface area contributed by atoms with Crippen molar-refractivity contribution < 1.29 is 19.4 Å². The van der Waals surface area contributed by atoms with E-state index in [1.165, 1.54) is 6.08 Å². The number of benzene rings is 1. The molecule has 0 atom stereocenters. The molecule has 0 spiro atoms. The van der Waals surface area contributed by atoms with E-state index in [1.807, 2.05) is 0 Å². The minimum atomic E-state index is -1.02. The van der Waals surface area contributed by atoms with Gasteiger partial charge in [0.25, 0.3) is 6.47 Å². The van der Waals surface area contributed by atoms with Crippen LogP contribution < -0.4 is 4.74 Å². The molecule has 0 unspecified atom stereocenters. The van der Waals surface area contributed by atoms with Crippen LogP contribution in [-0.2, 0) is 9.59 Å². The minimum Gasteiger partial charge on any atom is -0.478 e. The smallest absolute Gasteiger partial charge is 0.328 e. The Morgan fingerprint density at radius 2 is 2.21 bits per heavy atom. The molecule has 1 rings (SSSR count). The van der Waals surface area contributed by atoms with Gasteiger partial charge in [-0.25, -0.2) is 4.79 Å². The van der Waals surface area contributed by atoms with Crippen molar-refractivity contribution in [3.8, 4) is 5.75 Å². The summed E-state index contributed by atoms with van der Waals surface area (Å²) >= 11 is 0. The average molecular weight is 192 g/mol. The highest BCUT2D eigenvalue weighted by Crippen LogP contribution is 2.13. The molecule has 0 fully saturated rings. The van der Waals surface area contributed by atoms with E-state index in [4.69, 9.17) is 5.11 Å². The second-order valence-corrected chi connectivity index (χ2v) is 2.46. The zero-order valence-corrected chi connectivity index (χ0v) is 7.21. The fraction of sp³-hybridized carbons (Fsp3) is 0. The van der Waals surface area contributed by atoms with E-state index < -0.39 is 5.97 Å². The molecule has 14 heavy (non-hydrogen) atoms. The van der Waals surface area contributed by atoms with Crippen LogP contribution in [0.5, 0.6) is 5.75 Å². The van der Waals surface area contributed by atoms with Gasteiger partial charge in [-0.3, -0.25) is 4.79 Å². The SMILES string of the molecule is O=COc1cccc(/C=C/C(=O)O)c1. The van der Waals surface area contributed by atoms with Gasteiger partial charge >= 0.3 is 5.97 Å². The van der Waals surface area contributed by atoms with Crippen molar-refractivity contribution in [2.75, 3.05) is 0 Å². The first-order chi connectivity index (χ1) is 6.72. The number of ether oxygens (including phenoxy) is 1. The molecule has 0 aliphatic heterocycles. The molecule has 4 nitrogen and oxygen atoms in total. The molecule has 0 amide bonds. The first-order valence-electron chi connectivity index (χ1n) is 3.84. The lowest BCUT2D eigenvalue weighted by Crippen LogP contribution is -1.89. The number of hydrogen-bond donors (Lipinski definition) is 1. The van der Waals surface area contributed by atoms with Crippen LogP contribution in [0.2, 0.25) is 0 Å². The summed E-state index contributed by atoms with van der Waals surface area (Å²) in [5, 5.41) is 8.37. The second-order valence-electron chi connectivity index (χ2n) is 2.46. The predicted octanol–water partition coefficient (Wildman–Crippen LogP) is 1.32. The van der Waals surface area contributed by atoms with Gasteiger partial charge in [-0.1, -0.05) is 12.1 Å². The van der Waals surface area contributed by atoms with Crippen LogP contribution in [0.15, 0.2) is 30.3 Å². The van der Waals surface area contributed by atoms with Gasteiger partial charge in [-0.05, 0) is 23.8 Å². The van der Waals surface area contributed by atoms with Crippen LogP contribution in [-0.4, -0.2) is 17.5 Å². The van der Waals surface area contributed by atoms with Gasteiger partial charge in [0.1, 0.15) is 5.75 Å². The molecule has 0 saturated heterocycles. The van der Waals surface area contributed by atoms with Crippen LogP contribution >= 0.6 is 0 Å². The maximum absolute atomic E-state index is 10.2. The molecule has 0 heterocycles. The van der Waals surface area contributed by atoms with E-state index in [-0.39, 0.29) is 0 Å².